The fourth-order valence-corrected chi connectivity index (χ4v) is 5.53. The van der Waals surface area contributed by atoms with Crippen LogP contribution in [0.2, 0.25) is 0 Å². The van der Waals surface area contributed by atoms with Gasteiger partial charge in [0.25, 0.3) is 15.9 Å². The fourth-order valence-electron chi connectivity index (χ4n) is 3.36. The predicted molar refractivity (Wildman–Crippen MR) is 121 cm³/mol. The summed E-state index contributed by atoms with van der Waals surface area (Å²) >= 11 is 1.17. The largest absolute Gasteiger partial charge is 0.450 e. The number of hydrogen-bond acceptors (Lipinski definition) is 7. The first-order valence-electron chi connectivity index (χ1n) is 10.1. The second kappa shape index (κ2) is 9.13. The van der Waals surface area contributed by atoms with E-state index in [1.807, 2.05) is 0 Å². The van der Waals surface area contributed by atoms with Crippen LogP contribution in [0.5, 0.6) is 0 Å². The topological polar surface area (TPSA) is 109 Å². The van der Waals surface area contributed by atoms with Gasteiger partial charge >= 0.3 is 6.09 Å². The lowest BCUT2D eigenvalue weighted by atomic mass is 10.1. The van der Waals surface area contributed by atoms with Crippen molar-refractivity contribution < 1.29 is 22.7 Å². The summed E-state index contributed by atoms with van der Waals surface area (Å²) < 4.78 is 33.3. The molecule has 0 bridgehead atoms. The molecular weight excluding hydrogens is 452 g/mol. The zero-order valence-electron chi connectivity index (χ0n) is 17.4. The third-order valence-electron chi connectivity index (χ3n) is 5.00. The van der Waals surface area contributed by atoms with Gasteiger partial charge in [-0.15, -0.1) is 0 Å². The zero-order valence-corrected chi connectivity index (χ0v) is 19.0. The van der Waals surface area contributed by atoms with Crippen molar-refractivity contribution in [3.8, 4) is 0 Å². The zero-order chi connectivity index (χ0) is 22.7. The van der Waals surface area contributed by atoms with E-state index in [4.69, 9.17) is 4.74 Å². The van der Waals surface area contributed by atoms with E-state index in [2.05, 4.69) is 9.71 Å². The average molecular weight is 475 g/mol. The standard InChI is InChI=1S/C21H22N4O5S2/c1-2-30-21(27)25-12-10-24(11-13-25)19(26)15-8-9-17-18(14-15)31-20(22-17)23-32(28,29)16-6-4-3-5-7-16/h3-9,14H,2,10-13H2,1H3,(H,22,23). The van der Waals surface area contributed by atoms with E-state index in [0.717, 1.165) is 0 Å². The van der Waals surface area contributed by atoms with Crippen LogP contribution in [0.15, 0.2) is 53.4 Å². The maximum Gasteiger partial charge on any atom is 0.409 e. The van der Waals surface area contributed by atoms with Crippen molar-refractivity contribution in [2.24, 2.45) is 0 Å². The molecule has 11 heteroatoms. The third kappa shape index (κ3) is 4.68. The Hall–Kier alpha value is -3.18. The van der Waals surface area contributed by atoms with E-state index in [-0.39, 0.29) is 22.0 Å². The Morgan fingerprint density at radius 3 is 2.44 bits per heavy atom. The highest BCUT2D eigenvalue weighted by molar-refractivity contribution is 7.93. The number of sulfonamides is 1. The van der Waals surface area contributed by atoms with E-state index in [9.17, 15) is 18.0 Å². The quantitative estimate of drug-likeness (QED) is 0.609. The number of aromatic nitrogens is 1. The number of anilines is 1. The van der Waals surface area contributed by atoms with Crippen LogP contribution in [0.1, 0.15) is 17.3 Å². The Morgan fingerprint density at radius 1 is 1.06 bits per heavy atom. The van der Waals surface area contributed by atoms with E-state index >= 15 is 0 Å². The minimum atomic E-state index is -3.74. The number of carbonyl (C=O) groups is 2. The average Bonchev–Trinajstić information content (AvgIpc) is 3.20. The van der Waals surface area contributed by atoms with E-state index in [1.165, 1.54) is 23.5 Å². The number of carbonyl (C=O) groups excluding carboxylic acids is 2. The summed E-state index contributed by atoms with van der Waals surface area (Å²) in [6, 6.07) is 13.2. The molecule has 1 aromatic heterocycles. The number of ether oxygens (including phenoxy) is 1. The van der Waals surface area contributed by atoms with Crippen LogP contribution in [0.25, 0.3) is 10.2 Å². The predicted octanol–water partition coefficient (Wildman–Crippen LogP) is 3.01. The number of nitrogens with zero attached hydrogens (tertiary/aromatic N) is 3. The molecule has 1 aliphatic rings. The summed E-state index contributed by atoms with van der Waals surface area (Å²) in [7, 11) is -3.74. The molecule has 1 saturated heterocycles. The molecular formula is C21H22N4O5S2. The van der Waals surface area contributed by atoms with Crippen LogP contribution < -0.4 is 4.72 Å². The highest BCUT2D eigenvalue weighted by Gasteiger charge is 2.26. The molecule has 0 radical (unpaired) electrons. The first kappa shape index (κ1) is 22.0. The molecule has 2 heterocycles. The summed E-state index contributed by atoms with van der Waals surface area (Å²) in [6.45, 7) is 3.74. The molecule has 1 fully saturated rings. The number of nitrogens with one attached hydrogen (secondary N) is 1. The molecule has 0 spiro atoms. The molecule has 32 heavy (non-hydrogen) atoms. The van der Waals surface area contributed by atoms with Gasteiger partial charge < -0.3 is 14.5 Å². The molecule has 0 aliphatic carbocycles. The normalized spacial score (nSPS) is 14.4. The Kier molecular flexibility index (Phi) is 6.28. The van der Waals surface area contributed by atoms with Gasteiger partial charge in [0, 0.05) is 31.7 Å². The van der Waals surface area contributed by atoms with Crippen molar-refractivity contribution in [3.05, 3.63) is 54.1 Å². The Bertz CT molecular complexity index is 1240. The molecule has 2 aromatic carbocycles. The SMILES string of the molecule is CCOC(=O)N1CCN(C(=O)c2ccc3nc(NS(=O)(=O)c4ccccc4)sc3c2)CC1. The van der Waals surface area contributed by atoms with Crippen molar-refractivity contribution in [3.63, 3.8) is 0 Å². The van der Waals surface area contributed by atoms with Crippen LogP contribution in [0, 0.1) is 0 Å². The van der Waals surface area contributed by atoms with Gasteiger partial charge in [0.2, 0.25) is 0 Å². The molecule has 4 rings (SSSR count). The number of rotatable bonds is 5. The number of thiazole rings is 1. The van der Waals surface area contributed by atoms with Crippen molar-refractivity contribution in [2.75, 3.05) is 37.5 Å². The van der Waals surface area contributed by atoms with Gasteiger partial charge in [0.05, 0.1) is 21.7 Å². The first-order chi connectivity index (χ1) is 15.4. The van der Waals surface area contributed by atoms with Crippen LogP contribution in [-0.4, -0.2) is 68.0 Å². The second-order valence-electron chi connectivity index (χ2n) is 7.10. The number of benzene rings is 2. The molecule has 1 aliphatic heterocycles. The lowest BCUT2D eigenvalue weighted by Crippen LogP contribution is -2.50. The van der Waals surface area contributed by atoms with Crippen LogP contribution in [0.3, 0.4) is 0 Å². The van der Waals surface area contributed by atoms with Crippen molar-refractivity contribution in [1.82, 2.24) is 14.8 Å². The lowest BCUT2D eigenvalue weighted by molar-refractivity contribution is 0.0570. The van der Waals surface area contributed by atoms with Gasteiger partial charge in [-0.05, 0) is 37.3 Å². The van der Waals surface area contributed by atoms with Crippen LogP contribution >= 0.6 is 11.3 Å². The maximum atomic E-state index is 12.9. The summed E-state index contributed by atoms with van der Waals surface area (Å²) in [4.78, 5) is 32.5. The van der Waals surface area contributed by atoms with Gasteiger partial charge in [0.15, 0.2) is 5.13 Å². The van der Waals surface area contributed by atoms with Gasteiger partial charge in [-0.3, -0.25) is 9.52 Å². The summed E-state index contributed by atoms with van der Waals surface area (Å²) in [5.41, 5.74) is 1.09. The molecule has 0 unspecified atom stereocenters. The second-order valence-corrected chi connectivity index (χ2v) is 9.81. The van der Waals surface area contributed by atoms with Crippen LogP contribution in [0.4, 0.5) is 9.93 Å². The Labute approximate surface area is 189 Å². The molecule has 1 N–H and O–H groups in total. The fraction of sp³-hybridized carbons (Fsp3) is 0.286. The molecule has 0 atom stereocenters. The van der Waals surface area contributed by atoms with Crippen LogP contribution in [-0.2, 0) is 14.8 Å². The monoisotopic (exact) mass is 474 g/mol. The van der Waals surface area contributed by atoms with Crippen molar-refractivity contribution >= 4 is 48.7 Å². The molecule has 9 nitrogen and oxygen atoms in total. The van der Waals surface area contributed by atoms with E-state index in [1.54, 1.807) is 53.1 Å². The highest BCUT2D eigenvalue weighted by atomic mass is 32.2. The van der Waals surface area contributed by atoms with Gasteiger partial charge in [-0.1, -0.05) is 29.5 Å². The van der Waals surface area contributed by atoms with Gasteiger partial charge in [-0.2, -0.15) is 0 Å². The first-order valence-corrected chi connectivity index (χ1v) is 12.4. The Morgan fingerprint density at radius 2 is 1.75 bits per heavy atom. The van der Waals surface area contributed by atoms with Gasteiger partial charge in [0.1, 0.15) is 0 Å². The smallest absolute Gasteiger partial charge is 0.409 e. The lowest BCUT2D eigenvalue weighted by Gasteiger charge is -2.34. The van der Waals surface area contributed by atoms with E-state index in [0.29, 0.717) is 48.6 Å². The summed E-state index contributed by atoms with van der Waals surface area (Å²) in [5, 5.41) is 0.233. The highest BCUT2D eigenvalue weighted by Crippen LogP contribution is 2.29. The molecule has 0 saturated carbocycles. The van der Waals surface area contributed by atoms with Crippen molar-refractivity contribution in [1.29, 1.82) is 0 Å². The minimum Gasteiger partial charge on any atom is -0.450 e. The summed E-state index contributed by atoms with van der Waals surface area (Å²) in [6.07, 6.45) is -0.365. The number of fused-ring (bicyclic) bond motifs is 1. The molecule has 3 aromatic rings. The Balaban J connectivity index is 1.46. The summed E-state index contributed by atoms with van der Waals surface area (Å²) in [5.74, 6) is -0.143. The third-order valence-corrected chi connectivity index (χ3v) is 7.42. The number of hydrogen-bond donors (Lipinski definition) is 1. The van der Waals surface area contributed by atoms with E-state index < -0.39 is 10.0 Å². The number of amides is 2. The molecule has 168 valence electrons. The molecule has 2 amide bonds. The number of piperazine rings is 1. The van der Waals surface area contributed by atoms with Gasteiger partial charge in [-0.25, -0.2) is 18.2 Å². The maximum absolute atomic E-state index is 12.9. The minimum absolute atomic E-state index is 0.143. The van der Waals surface area contributed by atoms with Crippen molar-refractivity contribution in [2.45, 2.75) is 11.8 Å².